The van der Waals surface area contributed by atoms with Crippen molar-refractivity contribution in [3.8, 4) is 0 Å². The standard InChI is InChI=1S/C18H28N2O3/c1-18(2,14-20-10-8-15(12-21)9-11-20)19-17(22)23-13-16-6-4-3-5-7-16/h3-7,15,21H,8-14H2,1-2H3,(H,19,22). The van der Waals surface area contributed by atoms with E-state index in [0.29, 0.717) is 5.92 Å². The zero-order valence-corrected chi connectivity index (χ0v) is 14.1. The van der Waals surface area contributed by atoms with Gasteiger partial charge in [-0.2, -0.15) is 0 Å². The Morgan fingerprint density at radius 2 is 1.96 bits per heavy atom. The molecule has 0 spiro atoms. The van der Waals surface area contributed by atoms with Crippen LogP contribution >= 0.6 is 0 Å². The maximum absolute atomic E-state index is 12.0. The molecule has 0 aromatic heterocycles. The van der Waals surface area contributed by atoms with Crippen molar-refractivity contribution in [1.82, 2.24) is 10.2 Å². The molecule has 1 aromatic carbocycles. The molecular weight excluding hydrogens is 292 g/mol. The summed E-state index contributed by atoms with van der Waals surface area (Å²) in [5, 5.41) is 12.1. The van der Waals surface area contributed by atoms with E-state index in [9.17, 15) is 9.90 Å². The van der Waals surface area contributed by atoms with Gasteiger partial charge in [0.15, 0.2) is 0 Å². The van der Waals surface area contributed by atoms with E-state index < -0.39 is 0 Å². The van der Waals surface area contributed by atoms with E-state index in [2.05, 4.69) is 10.2 Å². The number of nitrogens with one attached hydrogen (secondary N) is 1. The average Bonchev–Trinajstić information content (AvgIpc) is 2.54. The summed E-state index contributed by atoms with van der Waals surface area (Å²) in [6.45, 7) is 7.30. The Labute approximate surface area is 138 Å². The highest BCUT2D eigenvalue weighted by molar-refractivity contribution is 5.68. The number of nitrogens with zero attached hydrogens (tertiary/aromatic N) is 1. The van der Waals surface area contributed by atoms with E-state index in [-0.39, 0.29) is 24.8 Å². The van der Waals surface area contributed by atoms with Crippen molar-refractivity contribution in [2.75, 3.05) is 26.2 Å². The first-order chi connectivity index (χ1) is 11.0. The molecule has 128 valence electrons. The van der Waals surface area contributed by atoms with Gasteiger partial charge >= 0.3 is 6.09 Å². The smallest absolute Gasteiger partial charge is 0.407 e. The fraction of sp³-hybridized carbons (Fsp3) is 0.611. The Morgan fingerprint density at radius 3 is 2.57 bits per heavy atom. The minimum atomic E-state index is -0.385. The SMILES string of the molecule is CC(C)(CN1CCC(CO)CC1)NC(=O)OCc1ccccc1. The highest BCUT2D eigenvalue weighted by atomic mass is 16.5. The maximum Gasteiger partial charge on any atom is 0.407 e. The third-order valence-corrected chi connectivity index (χ3v) is 4.24. The van der Waals surface area contributed by atoms with Gasteiger partial charge in [-0.3, -0.25) is 0 Å². The van der Waals surface area contributed by atoms with Crippen LogP contribution in [0.5, 0.6) is 0 Å². The minimum Gasteiger partial charge on any atom is -0.445 e. The van der Waals surface area contributed by atoms with Crippen molar-refractivity contribution in [2.45, 2.75) is 38.8 Å². The number of aliphatic hydroxyl groups excluding tert-OH is 1. The fourth-order valence-corrected chi connectivity index (χ4v) is 2.96. The molecule has 0 radical (unpaired) electrons. The number of piperidine rings is 1. The molecule has 1 aliphatic rings. The number of benzene rings is 1. The second-order valence-corrected chi connectivity index (χ2v) is 6.97. The molecule has 0 bridgehead atoms. The molecule has 5 nitrogen and oxygen atoms in total. The van der Waals surface area contributed by atoms with Crippen LogP contribution in [0.15, 0.2) is 30.3 Å². The van der Waals surface area contributed by atoms with Gasteiger partial charge in [-0.25, -0.2) is 4.79 Å². The summed E-state index contributed by atoms with van der Waals surface area (Å²) in [6.07, 6.45) is 1.65. The number of hydrogen-bond acceptors (Lipinski definition) is 4. The summed E-state index contributed by atoms with van der Waals surface area (Å²) in [6, 6.07) is 9.66. The summed E-state index contributed by atoms with van der Waals surface area (Å²) in [7, 11) is 0. The van der Waals surface area contributed by atoms with E-state index in [1.807, 2.05) is 44.2 Å². The molecule has 0 aliphatic carbocycles. The molecule has 0 atom stereocenters. The first kappa shape index (κ1) is 17.8. The Balaban J connectivity index is 1.73. The van der Waals surface area contributed by atoms with Crippen LogP contribution in [-0.4, -0.2) is 47.9 Å². The summed E-state index contributed by atoms with van der Waals surface area (Å²) in [5.41, 5.74) is 0.631. The Hall–Kier alpha value is -1.59. The second kappa shape index (κ2) is 8.31. The average molecular weight is 320 g/mol. The third-order valence-electron chi connectivity index (χ3n) is 4.24. The lowest BCUT2D eigenvalue weighted by Gasteiger charge is -2.37. The molecule has 1 heterocycles. The number of hydrogen-bond donors (Lipinski definition) is 2. The van der Waals surface area contributed by atoms with E-state index in [4.69, 9.17) is 4.74 Å². The van der Waals surface area contributed by atoms with Crippen LogP contribution in [-0.2, 0) is 11.3 Å². The topological polar surface area (TPSA) is 61.8 Å². The molecule has 2 rings (SSSR count). The molecule has 2 N–H and O–H groups in total. The number of likely N-dealkylation sites (tertiary alicyclic amines) is 1. The summed E-state index contributed by atoms with van der Waals surface area (Å²) in [4.78, 5) is 14.3. The second-order valence-electron chi connectivity index (χ2n) is 6.97. The van der Waals surface area contributed by atoms with Crippen LogP contribution in [0.25, 0.3) is 0 Å². The molecule has 5 heteroatoms. The van der Waals surface area contributed by atoms with Gasteiger partial charge in [0.2, 0.25) is 0 Å². The first-order valence-corrected chi connectivity index (χ1v) is 8.30. The molecule has 23 heavy (non-hydrogen) atoms. The van der Waals surface area contributed by atoms with Crippen LogP contribution in [0.3, 0.4) is 0 Å². The fourth-order valence-electron chi connectivity index (χ4n) is 2.96. The van der Waals surface area contributed by atoms with Gasteiger partial charge in [-0.1, -0.05) is 30.3 Å². The number of carbonyl (C=O) groups excluding carboxylic acids is 1. The number of carbonyl (C=O) groups is 1. The monoisotopic (exact) mass is 320 g/mol. The van der Waals surface area contributed by atoms with Crippen LogP contribution in [0.1, 0.15) is 32.3 Å². The number of aliphatic hydroxyl groups is 1. The van der Waals surface area contributed by atoms with Gasteiger partial charge < -0.3 is 20.1 Å². The van der Waals surface area contributed by atoms with Crippen LogP contribution in [0.2, 0.25) is 0 Å². The number of alkyl carbamates (subject to hydrolysis) is 1. The lowest BCUT2D eigenvalue weighted by Crippen LogP contribution is -2.53. The predicted octanol–water partition coefficient (Wildman–Crippen LogP) is 2.40. The number of ether oxygens (including phenoxy) is 1. The van der Waals surface area contributed by atoms with Crippen molar-refractivity contribution in [1.29, 1.82) is 0 Å². The molecule has 1 saturated heterocycles. The summed E-state index contributed by atoms with van der Waals surface area (Å²) >= 11 is 0. The Morgan fingerprint density at radius 1 is 1.30 bits per heavy atom. The van der Waals surface area contributed by atoms with Crippen LogP contribution < -0.4 is 5.32 Å². The van der Waals surface area contributed by atoms with Gasteiger partial charge in [-0.15, -0.1) is 0 Å². The van der Waals surface area contributed by atoms with Gasteiger partial charge in [0.1, 0.15) is 6.61 Å². The quantitative estimate of drug-likeness (QED) is 0.845. The third kappa shape index (κ3) is 6.20. The van der Waals surface area contributed by atoms with Crippen molar-refractivity contribution in [3.63, 3.8) is 0 Å². The number of rotatable bonds is 6. The molecule has 1 aliphatic heterocycles. The largest absolute Gasteiger partial charge is 0.445 e. The summed E-state index contributed by atoms with van der Waals surface area (Å²) in [5.74, 6) is 0.429. The van der Waals surface area contributed by atoms with Crippen LogP contribution in [0.4, 0.5) is 4.79 Å². The molecular formula is C18H28N2O3. The Kier molecular flexibility index (Phi) is 6.42. The van der Waals surface area contributed by atoms with E-state index in [0.717, 1.165) is 38.0 Å². The van der Waals surface area contributed by atoms with E-state index >= 15 is 0 Å². The van der Waals surface area contributed by atoms with Gasteiger partial charge in [0.25, 0.3) is 0 Å². The number of amides is 1. The van der Waals surface area contributed by atoms with Crippen molar-refractivity contribution in [3.05, 3.63) is 35.9 Å². The lowest BCUT2D eigenvalue weighted by atomic mass is 9.96. The van der Waals surface area contributed by atoms with Gasteiger partial charge in [0.05, 0.1) is 5.54 Å². The predicted molar refractivity (Wildman–Crippen MR) is 90.1 cm³/mol. The molecule has 1 fully saturated rings. The normalized spacial score (nSPS) is 17.0. The zero-order valence-electron chi connectivity index (χ0n) is 14.1. The van der Waals surface area contributed by atoms with Crippen LogP contribution in [0, 0.1) is 5.92 Å². The molecule has 1 amide bonds. The first-order valence-electron chi connectivity index (χ1n) is 8.30. The van der Waals surface area contributed by atoms with Crippen molar-refractivity contribution >= 4 is 6.09 Å². The lowest BCUT2D eigenvalue weighted by molar-refractivity contribution is 0.0990. The molecule has 0 saturated carbocycles. The van der Waals surface area contributed by atoms with E-state index in [1.54, 1.807) is 0 Å². The van der Waals surface area contributed by atoms with Gasteiger partial charge in [0, 0.05) is 13.2 Å². The highest BCUT2D eigenvalue weighted by Crippen LogP contribution is 2.18. The van der Waals surface area contributed by atoms with Crippen molar-refractivity contribution in [2.24, 2.45) is 5.92 Å². The van der Waals surface area contributed by atoms with E-state index in [1.165, 1.54) is 0 Å². The van der Waals surface area contributed by atoms with Crippen molar-refractivity contribution < 1.29 is 14.6 Å². The van der Waals surface area contributed by atoms with Gasteiger partial charge in [-0.05, 0) is 51.3 Å². The highest BCUT2D eigenvalue weighted by Gasteiger charge is 2.27. The maximum atomic E-state index is 12.0. The minimum absolute atomic E-state index is 0.279. The Bertz CT molecular complexity index is 482. The zero-order chi connectivity index (χ0) is 16.7. The molecule has 0 unspecified atom stereocenters. The summed E-state index contributed by atoms with van der Waals surface area (Å²) < 4.78 is 5.29. The molecule has 1 aromatic rings.